The summed E-state index contributed by atoms with van der Waals surface area (Å²) in [4.78, 5) is 21.0. The highest BCUT2D eigenvalue weighted by molar-refractivity contribution is 5.77. The van der Waals surface area contributed by atoms with Gasteiger partial charge in [0.15, 0.2) is 0 Å². The van der Waals surface area contributed by atoms with Crippen LogP contribution in [0.15, 0.2) is 0 Å². The minimum Gasteiger partial charge on any atom is -0.464 e. The van der Waals surface area contributed by atoms with Gasteiger partial charge in [-0.15, -0.1) is 0 Å². The average Bonchev–Trinajstić information content (AvgIpc) is 2.04. The lowest BCUT2D eigenvalue weighted by Gasteiger charge is -2.02. The third-order valence-corrected chi connectivity index (χ3v) is 0.919. The SMILES string of the molecule is CCOC(=O)COCC(=O)NN. The molecule has 0 spiro atoms. The summed E-state index contributed by atoms with van der Waals surface area (Å²) in [5, 5.41) is 0. The van der Waals surface area contributed by atoms with Gasteiger partial charge in [-0.1, -0.05) is 0 Å². The van der Waals surface area contributed by atoms with Gasteiger partial charge in [-0.05, 0) is 6.92 Å². The molecule has 0 unspecified atom stereocenters. The van der Waals surface area contributed by atoms with Crippen molar-refractivity contribution in [1.29, 1.82) is 0 Å². The Morgan fingerprint density at radius 1 is 1.42 bits per heavy atom. The van der Waals surface area contributed by atoms with Crippen molar-refractivity contribution in [2.24, 2.45) is 5.84 Å². The third-order valence-electron chi connectivity index (χ3n) is 0.919. The molecular weight excluding hydrogens is 164 g/mol. The Morgan fingerprint density at radius 2 is 2.08 bits per heavy atom. The zero-order chi connectivity index (χ0) is 9.40. The highest BCUT2D eigenvalue weighted by atomic mass is 16.6. The predicted molar refractivity (Wildman–Crippen MR) is 39.8 cm³/mol. The van der Waals surface area contributed by atoms with Gasteiger partial charge in [-0.2, -0.15) is 0 Å². The quantitative estimate of drug-likeness (QED) is 0.231. The third kappa shape index (κ3) is 5.63. The van der Waals surface area contributed by atoms with Gasteiger partial charge in [0.05, 0.1) is 6.61 Å². The van der Waals surface area contributed by atoms with E-state index in [9.17, 15) is 9.59 Å². The topological polar surface area (TPSA) is 90.6 Å². The van der Waals surface area contributed by atoms with Crippen molar-refractivity contribution >= 4 is 11.9 Å². The molecule has 0 aromatic carbocycles. The lowest BCUT2D eigenvalue weighted by molar-refractivity contribution is -0.149. The highest BCUT2D eigenvalue weighted by Gasteiger charge is 2.03. The lowest BCUT2D eigenvalue weighted by atomic mass is 10.6. The van der Waals surface area contributed by atoms with Crippen molar-refractivity contribution in [2.45, 2.75) is 6.92 Å². The normalized spacial score (nSPS) is 9.17. The Kier molecular flexibility index (Phi) is 5.94. The molecule has 0 fully saturated rings. The molecule has 6 nitrogen and oxygen atoms in total. The van der Waals surface area contributed by atoms with Gasteiger partial charge < -0.3 is 9.47 Å². The molecule has 0 aromatic heterocycles. The molecule has 0 radical (unpaired) electrons. The molecule has 0 aromatic rings. The fourth-order valence-corrected chi connectivity index (χ4v) is 0.471. The number of carbonyl (C=O) groups is 2. The Morgan fingerprint density at radius 3 is 2.58 bits per heavy atom. The van der Waals surface area contributed by atoms with E-state index in [2.05, 4.69) is 9.47 Å². The summed E-state index contributed by atoms with van der Waals surface area (Å²) >= 11 is 0. The number of nitrogens with one attached hydrogen (secondary N) is 1. The molecule has 0 atom stereocenters. The molecular formula is C6H12N2O4. The Labute approximate surface area is 70.0 Å². The van der Waals surface area contributed by atoms with Gasteiger partial charge in [0.25, 0.3) is 5.91 Å². The number of amides is 1. The first kappa shape index (κ1) is 10.9. The molecule has 0 aliphatic carbocycles. The maximum absolute atomic E-state index is 10.6. The van der Waals surface area contributed by atoms with Crippen LogP contribution in [0.25, 0.3) is 0 Å². The zero-order valence-electron chi connectivity index (χ0n) is 6.83. The van der Waals surface area contributed by atoms with Crippen LogP contribution in [0.5, 0.6) is 0 Å². The van der Waals surface area contributed by atoms with E-state index in [1.165, 1.54) is 0 Å². The van der Waals surface area contributed by atoms with E-state index < -0.39 is 11.9 Å². The van der Waals surface area contributed by atoms with E-state index in [-0.39, 0.29) is 13.2 Å². The summed E-state index contributed by atoms with van der Waals surface area (Å²) in [6.45, 7) is 1.51. The molecule has 0 saturated carbocycles. The Hall–Kier alpha value is -1.14. The fourth-order valence-electron chi connectivity index (χ4n) is 0.471. The number of ether oxygens (including phenoxy) is 2. The van der Waals surface area contributed by atoms with E-state index >= 15 is 0 Å². The zero-order valence-corrected chi connectivity index (χ0v) is 6.83. The predicted octanol–water partition coefficient (Wildman–Crippen LogP) is -1.44. The number of hydrogen-bond donors (Lipinski definition) is 2. The molecule has 0 aliphatic rings. The van der Waals surface area contributed by atoms with Crippen LogP contribution in [0.4, 0.5) is 0 Å². The number of nitrogens with two attached hydrogens (primary N) is 1. The van der Waals surface area contributed by atoms with E-state index in [4.69, 9.17) is 5.84 Å². The van der Waals surface area contributed by atoms with E-state index in [1.54, 1.807) is 6.92 Å². The monoisotopic (exact) mass is 176 g/mol. The summed E-state index contributed by atoms with van der Waals surface area (Å²) in [5.74, 6) is 3.77. The second-order valence-corrected chi connectivity index (χ2v) is 1.87. The van der Waals surface area contributed by atoms with Gasteiger partial charge in [0.1, 0.15) is 13.2 Å². The highest BCUT2D eigenvalue weighted by Crippen LogP contribution is 1.80. The van der Waals surface area contributed by atoms with Gasteiger partial charge in [0, 0.05) is 0 Å². The summed E-state index contributed by atoms with van der Waals surface area (Å²) in [7, 11) is 0. The number of carbonyl (C=O) groups excluding carboxylic acids is 2. The van der Waals surface area contributed by atoms with Gasteiger partial charge >= 0.3 is 5.97 Å². The van der Waals surface area contributed by atoms with Crippen molar-refractivity contribution in [3.8, 4) is 0 Å². The molecule has 3 N–H and O–H groups in total. The molecule has 0 rings (SSSR count). The van der Waals surface area contributed by atoms with E-state index in [1.807, 2.05) is 5.43 Å². The lowest BCUT2D eigenvalue weighted by Crippen LogP contribution is -2.34. The first-order valence-electron chi connectivity index (χ1n) is 3.43. The Bertz CT molecular complexity index is 160. The number of esters is 1. The van der Waals surface area contributed by atoms with Gasteiger partial charge in [0.2, 0.25) is 0 Å². The van der Waals surface area contributed by atoms with Crippen LogP contribution in [0.3, 0.4) is 0 Å². The summed E-state index contributed by atoms with van der Waals surface area (Å²) in [5.41, 5.74) is 1.85. The van der Waals surface area contributed by atoms with Crippen LogP contribution in [0, 0.1) is 0 Å². The molecule has 12 heavy (non-hydrogen) atoms. The van der Waals surface area contributed by atoms with Crippen LogP contribution < -0.4 is 11.3 Å². The van der Waals surface area contributed by atoms with Crippen molar-refractivity contribution in [3.63, 3.8) is 0 Å². The largest absolute Gasteiger partial charge is 0.464 e. The minimum atomic E-state index is -0.498. The second kappa shape index (κ2) is 6.56. The summed E-state index contributed by atoms with van der Waals surface area (Å²) in [6, 6.07) is 0. The molecule has 0 heterocycles. The van der Waals surface area contributed by atoms with Crippen molar-refractivity contribution in [1.82, 2.24) is 5.43 Å². The maximum Gasteiger partial charge on any atom is 0.332 e. The van der Waals surface area contributed by atoms with Crippen LogP contribution in [-0.2, 0) is 19.1 Å². The minimum absolute atomic E-state index is 0.235. The van der Waals surface area contributed by atoms with Gasteiger partial charge in [-0.25, -0.2) is 10.6 Å². The molecule has 1 amide bonds. The molecule has 0 saturated heterocycles. The smallest absolute Gasteiger partial charge is 0.332 e. The fraction of sp³-hybridized carbons (Fsp3) is 0.667. The first-order valence-corrected chi connectivity index (χ1v) is 3.43. The molecule has 70 valence electrons. The summed E-state index contributed by atoms with van der Waals surface area (Å²) < 4.78 is 9.16. The Balaban J connectivity index is 3.30. The van der Waals surface area contributed by atoms with Crippen LogP contribution in [0.1, 0.15) is 6.92 Å². The number of hydrogen-bond acceptors (Lipinski definition) is 5. The van der Waals surface area contributed by atoms with Gasteiger partial charge in [-0.3, -0.25) is 10.2 Å². The molecule has 0 bridgehead atoms. The van der Waals surface area contributed by atoms with Crippen LogP contribution >= 0.6 is 0 Å². The second-order valence-electron chi connectivity index (χ2n) is 1.87. The van der Waals surface area contributed by atoms with Crippen LogP contribution in [0.2, 0.25) is 0 Å². The maximum atomic E-state index is 10.6. The van der Waals surface area contributed by atoms with E-state index in [0.29, 0.717) is 6.61 Å². The molecule has 6 heteroatoms. The first-order chi connectivity index (χ1) is 5.70. The standard InChI is InChI=1S/C6H12N2O4/c1-2-12-6(10)4-11-3-5(9)8-7/h2-4,7H2,1H3,(H,8,9). The van der Waals surface area contributed by atoms with Crippen molar-refractivity contribution in [2.75, 3.05) is 19.8 Å². The van der Waals surface area contributed by atoms with Crippen LogP contribution in [-0.4, -0.2) is 31.7 Å². The number of hydrazine groups is 1. The molecule has 0 aliphatic heterocycles. The van der Waals surface area contributed by atoms with E-state index in [0.717, 1.165) is 0 Å². The average molecular weight is 176 g/mol. The number of rotatable bonds is 5. The summed E-state index contributed by atoms with van der Waals surface area (Å²) in [6.07, 6.45) is 0. The van der Waals surface area contributed by atoms with Crippen molar-refractivity contribution in [3.05, 3.63) is 0 Å². The van der Waals surface area contributed by atoms with Crippen molar-refractivity contribution < 1.29 is 19.1 Å².